The third-order valence-electron chi connectivity index (χ3n) is 4.71. The maximum absolute atomic E-state index is 12.6. The number of thiophene rings is 1. The zero-order valence-electron chi connectivity index (χ0n) is 16.8. The molecule has 0 saturated heterocycles. The van der Waals surface area contributed by atoms with Crippen LogP contribution in [-0.2, 0) is 4.79 Å². The zero-order valence-corrected chi connectivity index (χ0v) is 17.7. The minimum atomic E-state index is -0.216. The van der Waals surface area contributed by atoms with Gasteiger partial charge >= 0.3 is 0 Å². The number of carbonyl (C=O) groups is 1. The lowest BCUT2D eigenvalue weighted by atomic mass is 10.1. The molecule has 0 bridgehead atoms. The molecule has 0 aliphatic carbocycles. The van der Waals surface area contributed by atoms with Crippen molar-refractivity contribution in [2.45, 2.75) is 19.0 Å². The van der Waals surface area contributed by atoms with E-state index >= 15 is 0 Å². The van der Waals surface area contributed by atoms with Gasteiger partial charge < -0.3 is 14.8 Å². The molecule has 152 valence electrons. The van der Waals surface area contributed by atoms with Crippen LogP contribution in [0.2, 0.25) is 0 Å². The van der Waals surface area contributed by atoms with Crippen LogP contribution in [0.3, 0.4) is 0 Å². The number of hydrogen-bond donors (Lipinski definition) is 2. The van der Waals surface area contributed by atoms with Crippen molar-refractivity contribution in [3.63, 3.8) is 0 Å². The molecule has 2 atom stereocenters. The average Bonchev–Trinajstić information content (AvgIpc) is 3.28. The van der Waals surface area contributed by atoms with E-state index in [1.54, 1.807) is 25.6 Å². The predicted molar refractivity (Wildman–Crippen MR) is 117 cm³/mol. The Morgan fingerprint density at radius 3 is 2.48 bits per heavy atom. The molecule has 6 heteroatoms. The van der Waals surface area contributed by atoms with Gasteiger partial charge in [-0.25, -0.2) is 0 Å². The zero-order chi connectivity index (χ0) is 20.6. The summed E-state index contributed by atoms with van der Waals surface area (Å²) in [4.78, 5) is 13.8. The number of amides is 1. The van der Waals surface area contributed by atoms with E-state index in [1.807, 2.05) is 54.8 Å². The van der Waals surface area contributed by atoms with E-state index in [0.29, 0.717) is 5.75 Å². The molecule has 0 unspecified atom stereocenters. The molecule has 29 heavy (non-hydrogen) atoms. The summed E-state index contributed by atoms with van der Waals surface area (Å²) in [6.45, 7) is 2.14. The third-order valence-corrected chi connectivity index (χ3v) is 5.65. The second-order valence-electron chi connectivity index (χ2n) is 6.64. The number of methoxy groups -OCH3 is 2. The van der Waals surface area contributed by atoms with E-state index < -0.39 is 0 Å². The van der Waals surface area contributed by atoms with Gasteiger partial charge in [-0.2, -0.15) is 0 Å². The predicted octanol–water partition coefficient (Wildman–Crippen LogP) is 4.32. The van der Waals surface area contributed by atoms with Crippen LogP contribution in [0.1, 0.15) is 35.0 Å². The van der Waals surface area contributed by atoms with Gasteiger partial charge in [0.2, 0.25) is 5.91 Å². The Kier molecular flexibility index (Phi) is 7.27. The highest BCUT2D eigenvalue weighted by molar-refractivity contribution is 7.10. The van der Waals surface area contributed by atoms with E-state index in [-0.39, 0.29) is 24.5 Å². The Morgan fingerprint density at radius 2 is 1.83 bits per heavy atom. The average molecular weight is 411 g/mol. The SMILES string of the molecule is COc1ccc(OC)c([C@@H](C)NC(=O)CN[C@H](c2ccccc2)c2cccs2)c1. The standard InChI is InChI=1S/C23H26N2O3S/c1-16(19-14-18(27-2)11-12-20(19)28-3)25-22(26)15-24-23(21-10-7-13-29-21)17-8-5-4-6-9-17/h4-14,16,23-24H,15H2,1-3H3,(H,25,26)/t16-,23-/m1/s1. The molecule has 1 amide bonds. The summed E-state index contributed by atoms with van der Waals surface area (Å²) in [7, 11) is 3.24. The van der Waals surface area contributed by atoms with Gasteiger partial charge in [-0.1, -0.05) is 36.4 Å². The van der Waals surface area contributed by atoms with Crippen molar-refractivity contribution < 1.29 is 14.3 Å². The topological polar surface area (TPSA) is 59.6 Å². The number of carbonyl (C=O) groups excluding carboxylic acids is 1. The summed E-state index contributed by atoms with van der Waals surface area (Å²) < 4.78 is 10.7. The van der Waals surface area contributed by atoms with Crippen molar-refractivity contribution in [3.05, 3.63) is 82.0 Å². The molecule has 1 aromatic heterocycles. The number of ether oxygens (including phenoxy) is 2. The van der Waals surface area contributed by atoms with Crippen molar-refractivity contribution in [1.82, 2.24) is 10.6 Å². The van der Waals surface area contributed by atoms with Crippen LogP contribution in [-0.4, -0.2) is 26.7 Å². The molecule has 2 N–H and O–H groups in total. The number of nitrogens with one attached hydrogen (secondary N) is 2. The first-order valence-electron chi connectivity index (χ1n) is 9.45. The van der Waals surface area contributed by atoms with Crippen LogP contribution in [0.5, 0.6) is 11.5 Å². The van der Waals surface area contributed by atoms with Gasteiger partial charge in [0.15, 0.2) is 0 Å². The van der Waals surface area contributed by atoms with Crippen molar-refractivity contribution >= 4 is 17.2 Å². The first-order chi connectivity index (χ1) is 14.1. The smallest absolute Gasteiger partial charge is 0.234 e. The minimum Gasteiger partial charge on any atom is -0.497 e. The molecule has 0 aliphatic rings. The van der Waals surface area contributed by atoms with E-state index in [2.05, 4.69) is 28.8 Å². The van der Waals surface area contributed by atoms with Crippen LogP contribution in [0.15, 0.2) is 66.0 Å². The van der Waals surface area contributed by atoms with Gasteiger partial charge in [0.25, 0.3) is 0 Å². The Hall–Kier alpha value is -2.83. The normalized spacial score (nSPS) is 12.8. The first kappa shape index (κ1) is 20.9. The first-order valence-corrected chi connectivity index (χ1v) is 10.3. The summed E-state index contributed by atoms with van der Waals surface area (Å²) >= 11 is 1.67. The number of hydrogen-bond acceptors (Lipinski definition) is 5. The molecule has 0 saturated carbocycles. The molecule has 3 aromatic rings. The summed E-state index contributed by atoms with van der Waals surface area (Å²) in [5.74, 6) is 1.36. The minimum absolute atomic E-state index is 0.0244. The van der Waals surface area contributed by atoms with Crippen molar-refractivity contribution in [2.24, 2.45) is 0 Å². The summed E-state index contributed by atoms with van der Waals surface area (Å²) in [6.07, 6.45) is 0. The van der Waals surface area contributed by atoms with Gasteiger partial charge in [0, 0.05) is 10.4 Å². The van der Waals surface area contributed by atoms with Gasteiger partial charge in [-0.15, -0.1) is 11.3 Å². The van der Waals surface area contributed by atoms with Crippen LogP contribution in [0.4, 0.5) is 0 Å². The number of rotatable bonds is 9. The molecular formula is C23H26N2O3S. The lowest BCUT2D eigenvalue weighted by Crippen LogP contribution is -2.37. The fraction of sp³-hybridized carbons (Fsp3) is 0.261. The summed E-state index contributed by atoms with van der Waals surface area (Å²) in [5, 5.41) is 8.48. The second-order valence-corrected chi connectivity index (χ2v) is 7.62. The molecule has 0 aliphatic heterocycles. The maximum Gasteiger partial charge on any atom is 0.234 e. The van der Waals surface area contributed by atoms with Gasteiger partial charge in [0.1, 0.15) is 11.5 Å². The largest absolute Gasteiger partial charge is 0.497 e. The van der Waals surface area contributed by atoms with Gasteiger partial charge in [-0.05, 0) is 42.1 Å². The van der Waals surface area contributed by atoms with E-state index in [9.17, 15) is 4.79 Å². The van der Waals surface area contributed by atoms with E-state index in [4.69, 9.17) is 9.47 Å². The van der Waals surface area contributed by atoms with Crippen molar-refractivity contribution in [3.8, 4) is 11.5 Å². The molecule has 2 aromatic carbocycles. The molecule has 5 nitrogen and oxygen atoms in total. The number of benzene rings is 2. The third kappa shape index (κ3) is 5.37. The Bertz CT molecular complexity index is 913. The highest BCUT2D eigenvalue weighted by atomic mass is 32.1. The summed E-state index contributed by atoms with van der Waals surface area (Å²) in [5.41, 5.74) is 2.00. The Morgan fingerprint density at radius 1 is 1.03 bits per heavy atom. The second kappa shape index (κ2) is 10.1. The molecule has 0 fully saturated rings. The van der Waals surface area contributed by atoms with E-state index in [0.717, 1.165) is 16.9 Å². The van der Waals surface area contributed by atoms with Gasteiger partial charge in [-0.3, -0.25) is 10.1 Å². The molecule has 0 radical (unpaired) electrons. The monoisotopic (exact) mass is 410 g/mol. The van der Waals surface area contributed by atoms with Crippen molar-refractivity contribution in [2.75, 3.05) is 20.8 Å². The quantitative estimate of drug-likeness (QED) is 0.552. The Balaban J connectivity index is 1.67. The van der Waals surface area contributed by atoms with Crippen LogP contribution in [0.25, 0.3) is 0 Å². The molecule has 0 spiro atoms. The van der Waals surface area contributed by atoms with Crippen LogP contribution in [0, 0.1) is 0 Å². The Labute approximate surface area is 175 Å². The van der Waals surface area contributed by atoms with Gasteiger partial charge in [0.05, 0.1) is 32.8 Å². The van der Waals surface area contributed by atoms with Crippen LogP contribution < -0.4 is 20.1 Å². The van der Waals surface area contributed by atoms with Crippen molar-refractivity contribution in [1.29, 1.82) is 0 Å². The maximum atomic E-state index is 12.6. The van der Waals surface area contributed by atoms with E-state index in [1.165, 1.54) is 4.88 Å². The fourth-order valence-electron chi connectivity index (χ4n) is 3.23. The molecular weight excluding hydrogens is 384 g/mol. The highest BCUT2D eigenvalue weighted by Gasteiger charge is 2.18. The molecule has 1 heterocycles. The fourth-order valence-corrected chi connectivity index (χ4v) is 4.05. The lowest BCUT2D eigenvalue weighted by Gasteiger charge is -2.21. The lowest BCUT2D eigenvalue weighted by molar-refractivity contribution is -0.121. The summed E-state index contributed by atoms with van der Waals surface area (Å²) in [6, 6.07) is 19.6. The van der Waals surface area contributed by atoms with Crippen LogP contribution >= 0.6 is 11.3 Å². The molecule has 3 rings (SSSR count). The highest BCUT2D eigenvalue weighted by Crippen LogP contribution is 2.29.